The zero-order valence-electron chi connectivity index (χ0n) is 14.4. The number of rotatable bonds is 4. The first kappa shape index (κ1) is 17.3. The van der Waals surface area contributed by atoms with Gasteiger partial charge in [0.1, 0.15) is 11.5 Å². The van der Waals surface area contributed by atoms with E-state index in [1.807, 2.05) is 25.1 Å². The van der Waals surface area contributed by atoms with Crippen LogP contribution in [-0.2, 0) is 0 Å². The number of ether oxygens (including phenoxy) is 1. The Kier molecular flexibility index (Phi) is 5.03. The summed E-state index contributed by atoms with van der Waals surface area (Å²) in [7, 11) is 1.59. The highest BCUT2D eigenvalue weighted by Gasteiger charge is 2.14. The summed E-state index contributed by atoms with van der Waals surface area (Å²) in [6.07, 6.45) is 0. The Bertz CT molecular complexity index is 929. The number of hydrogen-bond donors (Lipinski definition) is 2. The Morgan fingerprint density at radius 3 is 2.35 bits per heavy atom. The first-order valence-corrected chi connectivity index (χ1v) is 7.98. The molecule has 0 radical (unpaired) electrons. The van der Waals surface area contributed by atoms with E-state index in [9.17, 15) is 9.59 Å². The Morgan fingerprint density at radius 2 is 1.65 bits per heavy atom. The zero-order valence-corrected chi connectivity index (χ0v) is 14.4. The molecule has 6 nitrogen and oxygen atoms in total. The average molecular weight is 350 g/mol. The lowest BCUT2D eigenvalue weighted by molar-refractivity contribution is 0.0831. The lowest BCUT2D eigenvalue weighted by Gasteiger charge is -2.06. The number of hydrogen-bond acceptors (Lipinski definition) is 4. The van der Waals surface area contributed by atoms with Gasteiger partial charge in [0.25, 0.3) is 5.91 Å². The average Bonchev–Trinajstić information content (AvgIpc) is 3.16. The lowest BCUT2D eigenvalue weighted by atomic mass is 10.1. The Balaban J connectivity index is 1.63. The summed E-state index contributed by atoms with van der Waals surface area (Å²) in [5.74, 6) is 0.440. The van der Waals surface area contributed by atoms with Gasteiger partial charge < -0.3 is 9.15 Å². The molecular formula is C20H18N2O4. The second kappa shape index (κ2) is 7.57. The van der Waals surface area contributed by atoms with Crippen LogP contribution < -0.4 is 15.6 Å². The van der Waals surface area contributed by atoms with Gasteiger partial charge in [0, 0.05) is 11.1 Å². The van der Waals surface area contributed by atoms with Crippen LogP contribution in [0, 0.1) is 6.92 Å². The van der Waals surface area contributed by atoms with Crippen molar-refractivity contribution in [3.63, 3.8) is 0 Å². The highest BCUT2D eigenvalue weighted by molar-refractivity contribution is 5.98. The third kappa shape index (κ3) is 3.92. The van der Waals surface area contributed by atoms with E-state index in [-0.39, 0.29) is 5.76 Å². The van der Waals surface area contributed by atoms with Gasteiger partial charge in [-0.3, -0.25) is 20.4 Å². The Hall–Kier alpha value is -3.54. The topological polar surface area (TPSA) is 80.6 Å². The molecule has 2 N–H and O–H groups in total. The maximum absolute atomic E-state index is 12.2. The highest BCUT2D eigenvalue weighted by Crippen LogP contribution is 2.24. The molecule has 0 aliphatic rings. The van der Waals surface area contributed by atoms with Gasteiger partial charge >= 0.3 is 5.91 Å². The van der Waals surface area contributed by atoms with Gasteiger partial charge in [-0.25, -0.2) is 0 Å². The van der Waals surface area contributed by atoms with E-state index in [1.165, 1.54) is 0 Å². The number of methoxy groups -OCH3 is 1. The molecule has 0 aliphatic heterocycles. The second-order valence-corrected chi connectivity index (χ2v) is 5.67. The highest BCUT2D eigenvalue weighted by atomic mass is 16.5. The summed E-state index contributed by atoms with van der Waals surface area (Å²) in [5.41, 5.74) is 6.95. The fourth-order valence-electron chi connectivity index (χ4n) is 2.40. The smallest absolute Gasteiger partial charge is 0.305 e. The molecule has 132 valence electrons. The molecule has 0 fully saturated rings. The van der Waals surface area contributed by atoms with Crippen molar-refractivity contribution < 1.29 is 18.7 Å². The van der Waals surface area contributed by atoms with Crippen LogP contribution in [0.1, 0.15) is 26.5 Å². The minimum absolute atomic E-state index is 0.0976. The summed E-state index contributed by atoms with van der Waals surface area (Å²) in [5, 5.41) is 0. The van der Waals surface area contributed by atoms with E-state index < -0.39 is 11.8 Å². The number of benzene rings is 2. The predicted molar refractivity (Wildman–Crippen MR) is 96.8 cm³/mol. The van der Waals surface area contributed by atoms with Crippen LogP contribution in [0.4, 0.5) is 0 Å². The van der Waals surface area contributed by atoms with Gasteiger partial charge in [0.15, 0.2) is 5.76 Å². The first-order chi connectivity index (χ1) is 12.6. The van der Waals surface area contributed by atoms with Crippen LogP contribution in [0.5, 0.6) is 5.75 Å². The molecule has 2 aromatic carbocycles. The molecule has 0 spiro atoms. The molecule has 6 heteroatoms. The number of hydrazine groups is 1. The molecule has 3 aromatic rings. The van der Waals surface area contributed by atoms with Gasteiger partial charge in [0.2, 0.25) is 0 Å². The SMILES string of the molecule is COc1ccc(-c2ccc(C(=O)NNC(=O)c3cccc(C)c3)o2)cc1. The second-order valence-electron chi connectivity index (χ2n) is 5.67. The van der Waals surface area contributed by atoms with E-state index in [0.29, 0.717) is 11.3 Å². The normalized spacial score (nSPS) is 10.2. The largest absolute Gasteiger partial charge is 0.497 e. The summed E-state index contributed by atoms with van der Waals surface area (Å²) in [6, 6.07) is 17.6. The van der Waals surface area contributed by atoms with Crippen LogP contribution in [0.15, 0.2) is 65.1 Å². The van der Waals surface area contributed by atoms with E-state index in [2.05, 4.69) is 10.9 Å². The molecule has 0 saturated heterocycles. The van der Waals surface area contributed by atoms with Crippen molar-refractivity contribution in [1.82, 2.24) is 10.9 Å². The Labute approximate surface area is 150 Å². The van der Waals surface area contributed by atoms with Crippen molar-refractivity contribution in [2.75, 3.05) is 7.11 Å². The minimum Gasteiger partial charge on any atom is -0.497 e. The van der Waals surface area contributed by atoms with Gasteiger partial charge in [-0.15, -0.1) is 0 Å². The van der Waals surface area contributed by atoms with Crippen LogP contribution in [0.2, 0.25) is 0 Å². The molecule has 0 unspecified atom stereocenters. The molecule has 1 heterocycles. The van der Waals surface area contributed by atoms with Crippen LogP contribution in [0.3, 0.4) is 0 Å². The summed E-state index contributed by atoms with van der Waals surface area (Å²) < 4.78 is 10.7. The molecular weight excluding hydrogens is 332 g/mol. The minimum atomic E-state index is -0.536. The van der Waals surface area contributed by atoms with Crippen molar-refractivity contribution in [2.45, 2.75) is 6.92 Å². The van der Waals surface area contributed by atoms with Gasteiger partial charge in [-0.2, -0.15) is 0 Å². The number of amides is 2. The van der Waals surface area contributed by atoms with E-state index >= 15 is 0 Å². The number of carbonyl (C=O) groups excluding carboxylic acids is 2. The summed E-state index contributed by atoms with van der Waals surface area (Å²) in [6.45, 7) is 1.89. The van der Waals surface area contributed by atoms with Crippen molar-refractivity contribution >= 4 is 11.8 Å². The van der Waals surface area contributed by atoms with E-state index in [1.54, 1.807) is 49.6 Å². The lowest BCUT2D eigenvalue weighted by Crippen LogP contribution is -2.41. The zero-order chi connectivity index (χ0) is 18.5. The fourth-order valence-corrected chi connectivity index (χ4v) is 2.40. The molecule has 0 saturated carbocycles. The number of furan rings is 1. The quantitative estimate of drug-likeness (QED) is 0.707. The predicted octanol–water partition coefficient (Wildman–Crippen LogP) is 3.34. The van der Waals surface area contributed by atoms with Gasteiger partial charge in [-0.05, 0) is 55.5 Å². The van der Waals surface area contributed by atoms with Gasteiger partial charge in [-0.1, -0.05) is 17.7 Å². The number of carbonyl (C=O) groups is 2. The molecule has 0 atom stereocenters. The van der Waals surface area contributed by atoms with Crippen LogP contribution in [0.25, 0.3) is 11.3 Å². The van der Waals surface area contributed by atoms with Crippen molar-refractivity contribution in [1.29, 1.82) is 0 Å². The van der Waals surface area contributed by atoms with E-state index in [0.717, 1.165) is 16.9 Å². The monoisotopic (exact) mass is 350 g/mol. The first-order valence-electron chi connectivity index (χ1n) is 7.98. The van der Waals surface area contributed by atoms with Crippen molar-refractivity contribution in [2.24, 2.45) is 0 Å². The molecule has 0 bridgehead atoms. The standard InChI is InChI=1S/C20H18N2O4/c1-13-4-3-5-15(12-13)19(23)21-22-20(24)18-11-10-17(26-18)14-6-8-16(25-2)9-7-14/h3-12H,1-2H3,(H,21,23)(H,22,24). The van der Waals surface area contributed by atoms with Crippen LogP contribution in [-0.4, -0.2) is 18.9 Å². The Morgan fingerprint density at radius 1 is 0.923 bits per heavy atom. The van der Waals surface area contributed by atoms with Gasteiger partial charge in [0.05, 0.1) is 7.11 Å². The molecule has 1 aromatic heterocycles. The number of nitrogens with one attached hydrogen (secondary N) is 2. The molecule has 2 amide bonds. The number of aryl methyl sites for hydroxylation is 1. The van der Waals surface area contributed by atoms with Crippen LogP contribution >= 0.6 is 0 Å². The third-order valence-corrected chi connectivity index (χ3v) is 3.77. The maximum Gasteiger partial charge on any atom is 0.305 e. The third-order valence-electron chi connectivity index (χ3n) is 3.77. The maximum atomic E-state index is 12.2. The molecule has 26 heavy (non-hydrogen) atoms. The summed E-state index contributed by atoms with van der Waals surface area (Å²) in [4.78, 5) is 24.2. The molecule has 3 rings (SSSR count). The van der Waals surface area contributed by atoms with Crippen molar-refractivity contribution in [3.05, 3.63) is 77.6 Å². The molecule has 0 aliphatic carbocycles. The fraction of sp³-hybridized carbons (Fsp3) is 0.100. The summed E-state index contributed by atoms with van der Waals surface area (Å²) >= 11 is 0. The van der Waals surface area contributed by atoms with Crippen molar-refractivity contribution in [3.8, 4) is 17.1 Å². The van der Waals surface area contributed by atoms with E-state index in [4.69, 9.17) is 9.15 Å².